The van der Waals surface area contributed by atoms with Crippen molar-refractivity contribution in [2.75, 3.05) is 43.6 Å². The third kappa shape index (κ3) is 3.81. The Morgan fingerprint density at radius 3 is 2.50 bits per heavy atom. The lowest BCUT2D eigenvalue weighted by Crippen LogP contribution is -2.49. The number of halogens is 2. The van der Waals surface area contributed by atoms with Gasteiger partial charge >= 0.3 is 12.1 Å². The van der Waals surface area contributed by atoms with Crippen molar-refractivity contribution < 1.29 is 23.8 Å². The molecule has 1 aromatic heterocycles. The molecule has 1 N–H and O–H groups in total. The number of ether oxygens (including phenoxy) is 1. The first kappa shape index (κ1) is 20.5. The van der Waals surface area contributed by atoms with Crippen LogP contribution in [0.2, 0.25) is 0 Å². The fraction of sp³-hybridized carbons (Fsp3) is 0.450. The van der Waals surface area contributed by atoms with Crippen molar-refractivity contribution >= 4 is 40.3 Å². The average molecular weight is 438 g/mol. The number of aromatic nitrogens is 1. The van der Waals surface area contributed by atoms with E-state index in [1.807, 2.05) is 4.90 Å². The quantitative estimate of drug-likeness (QED) is 0.723. The summed E-state index contributed by atoms with van der Waals surface area (Å²) in [5, 5.41) is 9.40. The lowest BCUT2D eigenvalue weighted by molar-refractivity contribution is 0.0694. The van der Waals surface area contributed by atoms with Crippen LogP contribution in [0.15, 0.2) is 23.1 Å². The number of amides is 1. The van der Waals surface area contributed by atoms with Gasteiger partial charge in [-0.25, -0.2) is 14.0 Å². The van der Waals surface area contributed by atoms with Gasteiger partial charge in [0.15, 0.2) is 0 Å². The first-order chi connectivity index (χ1) is 14.4. The third-order valence-electron chi connectivity index (χ3n) is 5.45. The van der Waals surface area contributed by atoms with Crippen LogP contribution >= 0.6 is 11.6 Å². The fourth-order valence-electron chi connectivity index (χ4n) is 3.76. The molecule has 1 saturated carbocycles. The first-order valence-corrected chi connectivity index (χ1v) is 10.3. The van der Waals surface area contributed by atoms with Crippen molar-refractivity contribution in [3.63, 3.8) is 0 Å². The minimum atomic E-state index is -1.32. The molecule has 30 heavy (non-hydrogen) atoms. The van der Waals surface area contributed by atoms with Crippen LogP contribution < -0.4 is 10.3 Å². The Labute approximate surface area is 176 Å². The molecule has 0 spiro atoms. The van der Waals surface area contributed by atoms with Gasteiger partial charge in [0.05, 0.1) is 17.1 Å². The van der Waals surface area contributed by atoms with E-state index in [0.717, 1.165) is 18.9 Å². The van der Waals surface area contributed by atoms with E-state index in [9.17, 15) is 23.9 Å². The molecular formula is C20H21ClFN3O5. The summed E-state index contributed by atoms with van der Waals surface area (Å²) in [4.78, 5) is 39.3. The lowest BCUT2D eigenvalue weighted by atomic mass is 10.1. The molecule has 0 atom stereocenters. The maximum absolute atomic E-state index is 14.9. The normalized spacial score (nSPS) is 16.7. The number of piperazine rings is 1. The van der Waals surface area contributed by atoms with Crippen LogP contribution in [-0.4, -0.2) is 65.3 Å². The fourth-order valence-corrected chi connectivity index (χ4v) is 3.83. The van der Waals surface area contributed by atoms with Gasteiger partial charge in [-0.2, -0.15) is 0 Å². The van der Waals surface area contributed by atoms with Crippen LogP contribution in [0.4, 0.5) is 14.9 Å². The zero-order chi connectivity index (χ0) is 21.4. The van der Waals surface area contributed by atoms with Crippen LogP contribution in [-0.2, 0) is 4.74 Å². The molecule has 2 aromatic rings. The van der Waals surface area contributed by atoms with Crippen LogP contribution in [0, 0.1) is 5.82 Å². The highest BCUT2D eigenvalue weighted by Crippen LogP contribution is 2.38. The molecule has 1 aliphatic heterocycles. The number of anilines is 1. The topological polar surface area (TPSA) is 92.1 Å². The summed E-state index contributed by atoms with van der Waals surface area (Å²) in [5.41, 5.74) is -0.196. The van der Waals surface area contributed by atoms with Crippen LogP contribution in [0.5, 0.6) is 0 Å². The molecule has 2 fully saturated rings. The Kier molecular flexibility index (Phi) is 5.55. The van der Waals surface area contributed by atoms with E-state index in [1.54, 1.807) is 15.5 Å². The van der Waals surface area contributed by atoms with Gasteiger partial charge in [-0.1, -0.05) is 0 Å². The van der Waals surface area contributed by atoms with Gasteiger partial charge in [-0.15, -0.1) is 11.6 Å². The zero-order valence-electron chi connectivity index (χ0n) is 16.1. The van der Waals surface area contributed by atoms with E-state index in [2.05, 4.69) is 0 Å². The summed E-state index contributed by atoms with van der Waals surface area (Å²) in [6, 6.07) is 2.84. The number of alkyl halides is 1. The predicted octanol–water partition coefficient (Wildman–Crippen LogP) is 2.67. The van der Waals surface area contributed by atoms with E-state index >= 15 is 0 Å². The molecule has 10 heteroatoms. The predicted molar refractivity (Wildman–Crippen MR) is 109 cm³/mol. The van der Waals surface area contributed by atoms with Gasteiger partial charge in [-0.3, -0.25) is 4.79 Å². The van der Waals surface area contributed by atoms with Gasteiger partial charge in [0.2, 0.25) is 5.43 Å². The minimum Gasteiger partial charge on any atom is -0.477 e. The number of carbonyl (C=O) groups is 2. The lowest BCUT2D eigenvalue weighted by Gasteiger charge is -2.35. The van der Waals surface area contributed by atoms with Crippen molar-refractivity contribution in [2.24, 2.45) is 0 Å². The Bertz CT molecular complexity index is 1060. The maximum atomic E-state index is 14.9. The number of pyridine rings is 1. The zero-order valence-corrected chi connectivity index (χ0v) is 16.9. The van der Waals surface area contributed by atoms with Crippen LogP contribution in [0.1, 0.15) is 29.2 Å². The summed E-state index contributed by atoms with van der Waals surface area (Å²) in [6.07, 6.45) is 2.68. The number of carbonyl (C=O) groups excluding carboxylic acids is 1. The SMILES string of the molecule is O=C(O)c1cn(C2CC2)c2cc(N3CCN(C(=O)OCCCl)CC3)c(F)cc2c1=O. The number of hydrogen-bond acceptors (Lipinski definition) is 5. The summed E-state index contributed by atoms with van der Waals surface area (Å²) in [7, 11) is 0. The molecule has 2 aliphatic rings. The second-order valence-electron chi connectivity index (χ2n) is 7.41. The van der Waals surface area contributed by atoms with Gasteiger partial charge in [0, 0.05) is 43.8 Å². The summed E-state index contributed by atoms with van der Waals surface area (Å²) in [6.45, 7) is 1.67. The number of fused-ring (bicyclic) bond motifs is 1. The second-order valence-corrected chi connectivity index (χ2v) is 7.79. The molecular weight excluding hydrogens is 417 g/mol. The molecule has 0 radical (unpaired) electrons. The van der Waals surface area contributed by atoms with Crippen molar-refractivity contribution in [1.82, 2.24) is 9.47 Å². The monoisotopic (exact) mass is 437 g/mol. The van der Waals surface area contributed by atoms with Crippen molar-refractivity contribution in [3.8, 4) is 0 Å². The number of hydrogen-bond donors (Lipinski definition) is 1. The Balaban J connectivity index is 1.65. The van der Waals surface area contributed by atoms with Gasteiger partial charge in [0.25, 0.3) is 0 Å². The van der Waals surface area contributed by atoms with E-state index in [0.29, 0.717) is 37.4 Å². The Morgan fingerprint density at radius 1 is 1.20 bits per heavy atom. The first-order valence-electron chi connectivity index (χ1n) is 9.75. The van der Waals surface area contributed by atoms with Gasteiger partial charge < -0.3 is 24.2 Å². The molecule has 4 rings (SSSR count). The molecule has 0 unspecified atom stereocenters. The summed E-state index contributed by atoms with van der Waals surface area (Å²) >= 11 is 5.53. The van der Waals surface area contributed by atoms with E-state index in [1.165, 1.54) is 6.20 Å². The number of rotatable bonds is 5. The molecule has 0 bridgehead atoms. The standard InChI is InChI=1S/C20H21ClFN3O5/c21-3-8-30-20(29)24-6-4-23(5-7-24)17-10-16-13(9-15(17)22)18(26)14(19(27)28)11-25(16)12-1-2-12/h9-12H,1-8H2,(H,27,28). The smallest absolute Gasteiger partial charge is 0.409 e. The largest absolute Gasteiger partial charge is 0.477 e. The molecule has 160 valence electrons. The Hall–Kier alpha value is -2.81. The summed E-state index contributed by atoms with van der Waals surface area (Å²) in [5.74, 6) is -1.69. The molecule has 1 aliphatic carbocycles. The molecule has 8 nitrogen and oxygen atoms in total. The minimum absolute atomic E-state index is 0.0614. The number of carboxylic acid groups (broad SMARTS) is 1. The van der Waals surface area contributed by atoms with E-state index in [-0.39, 0.29) is 29.5 Å². The van der Waals surface area contributed by atoms with Gasteiger partial charge in [0.1, 0.15) is 18.0 Å². The van der Waals surface area contributed by atoms with Crippen molar-refractivity contribution in [1.29, 1.82) is 0 Å². The molecule has 1 saturated heterocycles. The van der Waals surface area contributed by atoms with Gasteiger partial charge in [-0.05, 0) is 25.0 Å². The summed E-state index contributed by atoms with van der Waals surface area (Å²) < 4.78 is 21.7. The number of benzene rings is 1. The number of nitrogens with zero attached hydrogens (tertiary/aromatic N) is 3. The van der Waals surface area contributed by atoms with E-state index in [4.69, 9.17) is 16.3 Å². The molecule has 1 aromatic carbocycles. The molecule has 2 heterocycles. The third-order valence-corrected chi connectivity index (χ3v) is 5.61. The number of carboxylic acids is 1. The second kappa shape index (κ2) is 8.14. The molecule has 1 amide bonds. The van der Waals surface area contributed by atoms with Crippen LogP contribution in [0.25, 0.3) is 10.9 Å². The Morgan fingerprint density at radius 2 is 1.90 bits per heavy atom. The highest BCUT2D eigenvalue weighted by Gasteiger charge is 2.29. The average Bonchev–Trinajstić information content (AvgIpc) is 3.57. The van der Waals surface area contributed by atoms with Crippen molar-refractivity contribution in [3.05, 3.63) is 39.9 Å². The van der Waals surface area contributed by atoms with E-state index < -0.39 is 23.3 Å². The highest BCUT2D eigenvalue weighted by molar-refractivity contribution is 6.18. The van der Waals surface area contributed by atoms with Crippen LogP contribution in [0.3, 0.4) is 0 Å². The number of aromatic carboxylic acids is 1. The highest BCUT2D eigenvalue weighted by atomic mass is 35.5. The maximum Gasteiger partial charge on any atom is 0.409 e. The van der Waals surface area contributed by atoms with Crippen molar-refractivity contribution in [2.45, 2.75) is 18.9 Å².